The van der Waals surface area contributed by atoms with Crippen molar-refractivity contribution in [1.82, 2.24) is 4.98 Å². The number of benzene rings is 1. The van der Waals surface area contributed by atoms with Gasteiger partial charge in [0.2, 0.25) is 5.95 Å². The number of rotatable bonds is 3. The molecule has 0 radical (unpaired) electrons. The lowest BCUT2D eigenvalue weighted by Gasteiger charge is -2.14. The van der Waals surface area contributed by atoms with Gasteiger partial charge in [0.05, 0.1) is 11.3 Å². The van der Waals surface area contributed by atoms with Crippen LogP contribution in [0.25, 0.3) is 12.2 Å². The Morgan fingerprint density at radius 2 is 1.76 bits per heavy atom. The number of anilines is 1. The van der Waals surface area contributed by atoms with Crippen molar-refractivity contribution in [2.75, 3.05) is 12.4 Å². The Morgan fingerprint density at radius 3 is 2.38 bits per heavy atom. The van der Waals surface area contributed by atoms with Crippen LogP contribution in [0.2, 0.25) is 0 Å². The fourth-order valence-electron chi connectivity index (χ4n) is 1.90. The molecule has 110 valence electrons. The van der Waals surface area contributed by atoms with Crippen molar-refractivity contribution < 1.29 is 17.6 Å². The van der Waals surface area contributed by atoms with Crippen LogP contribution in [0.3, 0.4) is 0 Å². The van der Waals surface area contributed by atoms with Crippen molar-refractivity contribution in [2.24, 2.45) is 0 Å². The van der Waals surface area contributed by atoms with E-state index in [9.17, 15) is 17.6 Å². The molecule has 1 aromatic carbocycles. The van der Waals surface area contributed by atoms with E-state index in [1.54, 1.807) is 0 Å². The lowest BCUT2D eigenvalue weighted by atomic mass is 10.0. The molecule has 21 heavy (non-hydrogen) atoms. The van der Waals surface area contributed by atoms with Gasteiger partial charge in [0, 0.05) is 18.3 Å². The van der Waals surface area contributed by atoms with Gasteiger partial charge in [-0.25, -0.2) is 4.98 Å². The first-order valence-corrected chi connectivity index (χ1v) is 6.10. The summed E-state index contributed by atoms with van der Waals surface area (Å²) in [6, 6.07) is 7.98. The van der Waals surface area contributed by atoms with Crippen LogP contribution in [-0.4, -0.2) is 12.0 Å². The molecule has 2 rings (SSSR count). The van der Waals surface area contributed by atoms with Crippen LogP contribution >= 0.6 is 0 Å². The second-order valence-corrected chi connectivity index (χ2v) is 4.23. The number of halogens is 4. The van der Waals surface area contributed by atoms with Gasteiger partial charge in [0.1, 0.15) is 0 Å². The molecule has 0 aliphatic heterocycles. The Hall–Kier alpha value is -2.37. The number of pyridine rings is 1. The standard InChI is InChI=1S/C15H12F4N2/c1-20-13-6-3-5-12(15(17,18)19)11(13)9-8-10-4-2-7-14(16)21-10/h2-9,20H,1H3/b9-8+. The van der Waals surface area contributed by atoms with Crippen LogP contribution in [0.4, 0.5) is 23.2 Å². The van der Waals surface area contributed by atoms with Crippen molar-refractivity contribution in [3.05, 3.63) is 59.2 Å². The molecule has 0 saturated carbocycles. The lowest BCUT2D eigenvalue weighted by Crippen LogP contribution is -2.09. The smallest absolute Gasteiger partial charge is 0.388 e. The molecule has 1 N–H and O–H groups in total. The molecular weight excluding hydrogens is 284 g/mol. The Kier molecular flexibility index (Phi) is 4.26. The van der Waals surface area contributed by atoms with Gasteiger partial charge >= 0.3 is 6.18 Å². The minimum Gasteiger partial charge on any atom is -0.388 e. The second kappa shape index (κ2) is 5.95. The molecule has 0 spiro atoms. The molecule has 0 amide bonds. The number of alkyl halides is 3. The van der Waals surface area contributed by atoms with E-state index in [0.29, 0.717) is 5.69 Å². The fraction of sp³-hybridized carbons (Fsp3) is 0.133. The molecule has 0 unspecified atom stereocenters. The van der Waals surface area contributed by atoms with Crippen LogP contribution in [-0.2, 0) is 6.18 Å². The third kappa shape index (κ3) is 3.59. The largest absolute Gasteiger partial charge is 0.417 e. The van der Waals surface area contributed by atoms with Crippen molar-refractivity contribution in [1.29, 1.82) is 0 Å². The van der Waals surface area contributed by atoms with E-state index >= 15 is 0 Å². The van der Waals surface area contributed by atoms with Gasteiger partial charge in [-0.05, 0) is 30.3 Å². The van der Waals surface area contributed by atoms with E-state index < -0.39 is 17.7 Å². The summed E-state index contributed by atoms with van der Waals surface area (Å²) in [7, 11) is 1.53. The zero-order chi connectivity index (χ0) is 15.5. The molecule has 2 aromatic rings. The van der Waals surface area contributed by atoms with Crippen LogP contribution in [0.15, 0.2) is 36.4 Å². The zero-order valence-electron chi connectivity index (χ0n) is 11.1. The lowest BCUT2D eigenvalue weighted by molar-refractivity contribution is -0.137. The first-order valence-electron chi connectivity index (χ1n) is 6.10. The Bertz CT molecular complexity index is 663. The molecule has 2 nitrogen and oxygen atoms in total. The van der Waals surface area contributed by atoms with E-state index in [4.69, 9.17) is 0 Å². The predicted octanol–water partition coefficient (Wildman–Crippen LogP) is 4.45. The highest BCUT2D eigenvalue weighted by atomic mass is 19.4. The number of nitrogens with zero attached hydrogens (tertiary/aromatic N) is 1. The fourth-order valence-corrected chi connectivity index (χ4v) is 1.90. The minimum atomic E-state index is -4.47. The maximum Gasteiger partial charge on any atom is 0.417 e. The molecule has 1 heterocycles. The van der Waals surface area contributed by atoms with Crippen LogP contribution in [0.1, 0.15) is 16.8 Å². The monoisotopic (exact) mass is 296 g/mol. The third-order valence-electron chi connectivity index (χ3n) is 2.84. The third-order valence-corrected chi connectivity index (χ3v) is 2.84. The van der Waals surface area contributed by atoms with Crippen LogP contribution in [0.5, 0.6) is 0 Å². The number of hydrogen-bond acceptors (Lipinski definition) is 2. The summed E-state index contributed by atoms with van der Waals surface area (Å²) in [5.74, 6) is -0.685. The predicted molar refractivity (Wildman–Crippen MR) is 74.1 cm³/mol. The first kappa shape index (κ1) is 15.0. The maximum absolute atomic E-state index is 13.0. The topological polar surface area (TPSA) is 24.9 Å². The summed E-state index contributed by atoms with van der Waals surface area (Å²) < 4.78 is 52.0. The highest BCUT2D eigenvalue weighted by Crippen LogP contribution is 2.36. The van der Waals surface area contributed by atoms with Crippen molar-refractivity contribution in [3.8, 4) is 0 Å². The molecule has 0 fully saturated rings. The Labute approximate surface area is 119 Å². The summed E-state index contributed by atoms with van der Waals surface area (Å²) in [5.41, 5.74) is -0.202. The van der Waals surface area contributed by atoms with Gasteiger partial charge in [-0.1, -0.05) is 18.2 Å². The van der Waals surface area contributed by atoms with Gasteiger partial charge in [-0.2, -0.15) is 17.6 Å². The van der Waals surface area contributed by atoms with Crippen molar-refractivity contribution in [2.45, 2.75) is 6.18 Å². The molecule has 6 heteroatoms. The van der Waals surface area contributed by atoms with Crippen LogP contribution < -0.4 is 5.32 Å². The second-order valence-electron chi connectivity index (χ2n) is 4.23. The van der Waals surface area contributed by atoms with E-state index in [0.717, 1.165) is 6.07 Å². The summed E-state index contributed by atoms with van der Waals surface area (Å²) in [5, 5.41) is 2.71. The Balaban J connectivity index is 2.47. The zero-order valence-corrected chi connectivity index (χ0v) is 11.1. The minimum absolute atomic E-state index is 0.0152. The summed E-state index contributed by atoms with van der Waals surface area (Å²) in [4.78, 5) is 3.58. The van der Waals surface area contributed by atoms with E-state index in [1.807, 2.05) is 0 Å². The summed E-state index contributed by atoms with van der Waals surface area (Å²) in [6.45, 7) is 0. The molecular formula is C15H12F4N2. The molecule has 0 bridgehead atoms. The highest BCUT2D eigenvalue weighted by molar-refractivity contribution is 5.78. The molecule has 0 atom stereocenters. The van der Waals surface area contributed by atoms with E-state index in [2.05, 4.69) is 10.3 Å². The van der Waals surface area contributed by atoms with Crippen molar-refractivity contribution in [3.63, 3.8) is 0 Å². The van der Waals surface area contributed by atoms with Gasteiger partial charge in [0.25, 0.3) is 0 Å². The number of aromatic nitrogens is 1. The Morgan fingerprint density at radius 1 is 1.05 bits per heavy atom. The first-order chi connectivity index (χ1) is 9.91. The van der Waals surface area contributed by atoms with Gasteiger partial charge in [-0.3, -0.25) is 0 Å². The summed E-state index contributed by atoms with van der Waals surface area (Å²) in [6.07, 6.45) is -1.85. The van der Waals surface area contributed by atoms with E-state index in [-0.39, 0.29) is 11.3 Å². The van der Waals surface area contributed by atoms with Gasteiger partial charge in [-0.15, -0.1) is 0 Å². The van der Waals surface area contributed by atoms with E-state index in [1.165, 1.54) is 49.5 Å². The quantitative estimate of drug-likeness (QED) is 0.668. The maximum atomic E-state index is 13.0. The normalized spacial score (nSPS) is 11.9. The molecule has 0 aliphatic rings. The average molecular weight is 296 g/mol. The number of hydrogen-bond donors (Lipinski definition) is 1. The SMILES string of the molecule is CNc1cccc(C(F)(F)F)c1/C=C/c1cccc(F)n1. The molecule has 1 aromatic heterocycles. The van der Waals surface area contributed by atoms with Crippen LogP contribution in [0, 0.1) is 5.95 Å². The number of nitrogens with one attached hydrogen (secondary N) is 1. The average Bonchev–Trinajstić information content (AvgIpc) is 2.43. The highest BCUT2D eigenvalue weighted by Gasteiger charge is 2.33. The van der Waals surface area contributed by atoms with Gasteiger partial charge < -0.3 is 5.32 Å². The molecule has 0 aliphatic carbocycles. The van der Waals surface area contributed by atoms with Gasteiger partial charge in [0.15, 0.2) is 0 Å². The van der Waals surface area contributed by atoms with Crippen molar-refractivity contribution >= 4 is 17.8 Å². The molecule has 0 saturated heterocycles. The summed E-state index contributed by atoms with van der Waals surface area (Å²) >= 11 is 0.